The SMILES string of the molecule is Cl.Nc1[nH]c(=O)nc2nc(S(=O)(=O)O)[nH]c12. The number of nitrogens with one attached hydrogen (secondary N) is 2. The smallest absolute Gasteiger partial charge is 0.348 e. The van der Waals surface area contributed by atoms with Crippen molar-refractivity contribution in [3.8, 4) is 0 Å². The summed E-state index contributed by atoms with van der Waals surface area (Å²) in [5, 5.41) is -0.712. The van der Waals surface area contributed by atoms with Crippen molar-refractivity contribution in [2.45, 2.75) is 5.16 Å². The predicted octanol–water partition coefficient (Wildman–Crippen LogP) is -1.10. The van der Waals surface area contributed by atoms with E-state index < -0.39 is 21.0 Å². The summed E-state index contributed by atoms with van der Waals surface area (Å²) in [6, 6.07) is 0. The van der Waals surface area contributed by atoms with Gasteiger partial charge in [-0.1, -0.05) is 0 Å². The molecule has 0 bridgehead atoms. The summed E-state index contributed by atoms with van der Waals surface area (Å²) in [5.41, 5.74) is 4.48. The van der Waals surface area contributed by atoms with Crippen molar-refractivity contribution in [2.24, 2.45) is 0 Å². The molecule has 0 atom stereocenters. The lowest BCUT2D eigenvalue weighted by Crippen LogP contribution is -2.12. The maximum absolute atomic E-state index is 10.9. The van der Waals surface area contributed by atoms with Gasteiger partial charge in [-0.05, 0) is 0 Å². The number of nitrogen functional groups attached to an aromatic ring is 1. The Morgan fingerprint density at radius 2 is 1.88 bits per heavy atom. The van der Waals surface area contributed by atoms with E-state index in [4.69, 9.17) is 10.3 Å². The highest BCUT2D eigenvalue weighted by atomic mass is 35.5. The molecule has 0 saturated heterocycles. The standard InChI is InChI=1S/C5H5N5O4S.ClH/c6-2-1-3(9-4(11)8-2)10-5(7-1)15(12,13)14;/h(H,12,13,14)(H4,6,7,8,9,10,11);1H. The Labute approximate surface area is 94.3 Å². The third-order valence-electron chi connectivity index (χ3n) is 1.63. The van der Waals surface area contributed by atoms with Gasteiger partial charge in [-0.25, -0.2) is 4.79 Å². The first-order chi connectivity index (χ1) is 6.88. The molecule has 0 unspecified atom stereocenters. The Morgan fingerprint density at radius 3 is 2.44 bits per heavy atom. The number of aromatic nitrogens is 4. The van der Waals surface area contributed by atoms with E-state index >= 15 is 0 Å². The van der Waals surface area contributed by atoms with E-state index in [9.17, 15) is 13.2 Å². The van der Waals surface area contributed by atoms with E-state index in [1.54, 1.807) is 0 Å². The van der Waals surface area contributed by atoms with Crippen LogP contribution in [0.2, 0.25) is 0 Å². The van der Waals surface area contributed by atoms with Crippen molar-refractivity contribution < 1.29 is 13.0 Å². The number of imidazole rings is 1. The van der Waals surface area contributed by atoms with Gasteiger partial charge in [-0.2, -0.15) is 18.4 Å². The fourth-order valence-electron chi connectivity index (χ4n) is 1.04. The second kappa shape index (κ2) is 3.73. The normalized spacial score (nSPS) is 11.3. The van der Waals surface area contributed by atoms with Gasteiger partial charge in [-0.3, -0.25) is 9.54 Å². The summed E-state index contributed by atoms with van der Waals surface area (Å²) < 4.78 is 30.1. The Balaban J connectivity index is 0.00000128. The molecule has 2 heterocycles. The number of nitrogens with zero attached hydrogens (tertiary/aromatic N) is 2. The molecule has 0 aliphatic rings. The molecule has 16 heavy (non-hydrogen) atoms. The molecule has 11 heteroatoms. The summed E-state index contributed by atoms with van der Waals surface area (Å²) in [6.07, 6.45) is 0. The van der Waals surface area contributed by atoms with Crippen LogP contribution in [-0.4, -0.2) is 32.9 Å². The molecule has 0 aliphatic carbocycles. The van der Waals surface area contributed by atoms with E-state index in [0.717, 1.165) is 0 Å². The Morgan fingerprint density at radius 1 is 1.25 bits per heavy atom. The molecule has 0 radical (unpaired) electrons. The Kier molecular flexibility index (Phi) is 2.90. The molecule has 2 aromatic heterocycles. The zero-order valence-corrected chi connectivity index (χ0v) is 9.09. The van der Waals surface area contributed by atoms with Crippen molar-refractivity contribution in [1.82, 2.24) is 19.9 Å². The van der Waals surface area contributed by atoms with Gasteiger partial charge in [-0.15, -0.1) is 12.4 Å². The predicted molar refractivity (Wildman–Crippen MR) is 56.0 cm³/mol. The number of nitrogens with two attached hydrogens (primary N) is 1. The number of halogens is 1. The number of H-pyrrole nitrogens is 2. The Hall–Kier alpha value is -1.65. The highest BCUT2D eigenvalue weighted by Gasteiger charge is 2.17. The number of hydrogen-bond acceptors (Lipinski definition) is 6. The topological polar surface area (TPSA) is 155 Å². The van der Waals surface area contributed by atoms with Gasteiger partial charge in [0.2, 0.25) is 0 Å². The molecular weight excluding hydrogens is 262 g/mol. The van der Waals surface area contributed by atoms with Gasteiger partial charge in [0.25, 0.3) is 5.16 Å². The second-order valence-electron chi connectivity index (χ2n) is 2.67. The molecule has 88 valence electrons. The third kappa shape index (κ3) is 1.98. The molecule has 0 fully saturated rings. The largest absolute Gasteiger partial charge is 0.383 e. The van der Waals surface area contributed by atoms with Crippen LogP contribution in [0.5, 0.6) is 0 Å². The molecule has 2 rings (SSSR count). The molecule has 0 amide bonds. The summed E-state index contributed by atoms with van der Waals surface area (Å²) in [5.74, 6) is -0.104. The molecule has 0 saturated carbocycles. The zero-order valence-electron chi connectivity index (χ0n) is 7.46. The van der Waals surface area contributed by atoms with Gasteiger partial charge < -0.3 is 10.7 Å². The van der Waals surface area contributed by atoms with Crippen LogP contribution in [0.25, 0.3) is 11.2 Å². The van der Waals surface area contributed by atoms with Crippen LogP contribution in [-0.2, 0) is 10.1 Å². The van der Waals surface area contributed by atoms with Crippen molar-refractivity contribution >= 4 is 39.5 Å². The number of rotatable bonds is 1. The van der Waals surface area contributed by atoms with Gasteiger partial charge in [0.1, 0.15) is 11.3 Å². The summed E-state index contributed by atoms with van der Waals surface area (Å²) in [7, 11) is -4.47. The van der Waals surface area contributed by atoms with Crippen LogP contribution in [0.4, 0.5) is 5.82 Å². The minimum atomic E-state index is -4.47. The summed E-state index contributed by atoms with van der Waals surface area (Å²) in [4.78, 5) is 22.0. The Bertz CT molecular complexity index is 688. The molecular formula is C5H6ClN5O4S. The first-order valence-corrected chi connectivity index (χ1v) is 5.05. The summed E-state index contributed by atoms with van der Waals surface area (Å²) in [6.45, 7) is 0. The van der Waals surface area contributed by atoms with Crippen molar-refractivity contribution in [1.29, 1.82) is 0 Å². The number of fused-ring (bicyclic) bond motifs is 1. The lowest BCUT2D eigenvalue weighted by molar-refractivity contribution is 0.476. The van der Waals surface area contributed by atoms with Gasteiger partial charge in [0, 0.05) is 0 Å². The highest BCUT2D eigenvalue weighted by molar-refractivity contribution is 7.85. The zero-order chi connectivity index (χ0) is 11.2. The van der Waals surface area contributed by atoms with Gasteiger partial charge in [0.05, 0.1) is 0 Å². The van der Waals surface area contributed by atoms with Crippen LogP contribution in [0.15, 0.2) is 9.95 Å². The molecule has 5 N–H and O–H groups in total. The monoisotopic (exact) mass is 267 g/mol. The number of anilines is 1. The lowest BCUT2D eigenvalue weighted by Gasteiger charge is -1.91. The number of aromatic amines is 2. The first-order valence-electron chi connectivity index (χ1n) is 3.61. The average Bonchev–Trinajstić information content (AvgIpc) is 2.46. The van der Waals surface area contributed by atoms with E-state index in [-0.39, 0.29) is 29.4 Å². The second-order valence-corrected chi connectivity index (χ2v) is 4.01. The third-order valence-corrected chi connectivity index (χ3v) is 2.31. The van der Waals surface area contributed by atoms with Gasteiger partial charge in [0.15, 0.2) is 5.65 Å². The van der Waals surface area contributed by atoms with Crippen molar-refractivity contribution in [3.05, 3.63) is 10.5 Å². The molecule has 0 aliphatic heterocycles. The van der Waals surface area contributed by atoms with Crippen LogP contribution in [0.1, 0.15) is 0 Å². The van der Waals surface area contributed by atoms with E-state index in [2.05, 4.69) is 19.9 Å². The minimum Gasteiger partial charge on any atom is -0.383 e. The molecule has 2 aromatic rings. The van der Waals surface area contributed by atoms with Crippen LogP contribution in [0, 0.1) is 0 Å². The average molecular weight is 268 g/mol. The van der Waals surface area contributed by atoms with E-state index in [0.29, 0.717) is 0 Å². The summed E-state index contributed by atoms with van der Waals surface area (Å²) >= 11 is 0. The maximum Gasteiger partial charge on any atom is 0.348 e. The molecule has 9 nitrogen and oxygen atoms in total. The highest BCUT2D eigenvalue weighted by Crippen LogP contribution is 2.14. The lowest BCUT2D eigenvalue weighted by atomic mass is 10.5. The van der Waals surface area contributed by atoms with Crippen LogP contribution >= 0.6 is 12.4 Å². The van der Waals surface area contributed by atoms with Crippen LogP contribution in [0.3, 0.4) is 0 Å². The van der Waals surface area contributed by atoms with E-state index in [1.165, 1.54) is 0 Å². The van der Waals surface area contributed by atoms with Crippen molar-refractivity contribution in [3.63, 3.8) is 0 Å². The number of hydrogen-bond donors (Lipinski definition) is 4. The quantitative estimate of drug-likeness (QED) is 0.478. The maximum atomic E-state index is 10.9. The first kappa shape index (κ1) is 12.4. The molecule has 0 spiro atoms. The fourth-order valence-corrected chi connectivity index (χ4v) is 1.47. The minimum absolute atomic E-state index is 0. The van der Waals surface area contributed by atoms with Gasteiger partial charge >= 0.3 is 15.8 Å². The van der Waals surface area contributed by atoms with Crippen molar-refractivity contribution in [2.75, 3.05) is 5.73 Å². The van der Waals surface area contributed by atoms with E-state index in [1.807, 2.05) is 0 Å². The van der Waals surface area contributed by atoms with Crippen LogP contribution < -0.4 is 11.4 Å². The fraction of sp³-hybridized carbons (Fsp3) is 0. The molecule has 0 aromatic carbocycles.